The number of rotatable bonds is 7. The summed E-state index contributed by atoms with van der Waals surface area (Å²) < 4.78 is 11.5. The van der Waals surface area contributed by atoms with E-state index in [-0.39, 0.29) is 11.8 Å². The Bertz CT molecular complexity index is 1050. The van der Waals surface area contributed by atoms with Crippen LogP contribution >= 0.6 is 22.6 Å². The van der Waals surface area contributed by atoms with Crippen LogP contribution in [-0.4, -0.2) is 25.5 Å². The molecule has 3 aromatic carbocycles. The summed E-state index contributed by atoms with van der Waals surface area (Å²) in [5.41, 5.74) is 1.90. The molecule has 3 rings (SSSR count). The van der Waals surface area contributed by atoms with Crippen LogP contribution in [0.3, 0.4) is 0 Å². The fraction of sp³-hybridized carbons (Fsp3) is 0.130. The summed E-state index contributed by atoms with van der Waals surface area (Å²) in [6, 6.07) is 19.1. The smallest absolute Gasteiger partial charge is 0.257 e. The van der Waals surface area contributed by atoms with E-state index in [1.165, 1.54) is 0 Å². The summed E-state index contributed by atoms with van der Waals surface area (Å²) >= 11 is 2.11. The molecule has 0 aliphatic heterocycles. The molecule has 154 valence electrons. The van der Waals surface area contributed by atoms with Crippen LogP contribution in [0.2, 0.25) is 0 Å². The fourth-order valence-corrected chi connectivity index (χ4v) is 3.53. The van der Waals surface area contributed by atoms with Gasteiger partial charge in [-0.05, 0) is 84.1 Å². The number of hydrogen-bond acceptors (Lipinski definition) is 4. The van der Waals surface area contributed by atoms with E-state index in [9.17, 15) is 9.59 Å². The van der Waals surface area contributed by atoms with E-state index in [0.29, 0.717) is 34.9 Å². The van der Waals surface area contributed by atoms with Gasteiger partial charge in [-0.15, -0.1) is 0 Å². The van der Waals surface area contributed by atoms with E-state index in [4.69, 9.17) is 9.47 Å². The van der Waals surface area contributed by atoms with Gasteiger partial charge in [0.1, 0.15) is 11.5 Å². The molecule has 0 heterocycles. The molecule has 0 aliphatic carbocycles. The third-order valence-corrected chi connectivity index (χ3v) is 5.10. The molecule has 2 amide bonds. The second kappa shape index (κ2) is 10.1. The molecule has 0 saturated heterocycles. The molecule has 0 saturated carbocycles. The summed E-state index contributed by atoms with van der Waals surface area (Å²) in [5, 5.41) is 5.66. The average Bonchev–Trinajstić information content (AvgIpc) is 2.75. The molecule has 2 N–H and O–H groups in total. The van der Waals surface area contributed by atoms with Crippen molar-refractivity contribution >= 4 is 45.8 Å². The molecule has 0 bridgehead atoms. The first-order valence-electron chi connectivity index (χ1n) is 9.30. The molecular formula is C23H21IN2O4. The maximum absolute atomic E-state index is 12.8. The van der Waals surface area contributed by atoms with Crippen LogP contribution in [0.1, 0.15) is 27.6 Å². The third-order valence-electron chi connectivity index (χ3n) is 4.26. The number of hydrogen-bond donors (Lipinski definition) is 2. The minimum atomic E-state index is -0.320. The molecule has 0 fully saturated rings. The number of nitrogens with one attached hydrogen (secondary N) is 2. The van der Waals surface area contributed by atoms with Crippen molar-refractivity contribution in [2.75, 3.05) is 24.4 Å². The first kappa shape index (κ1) is 21.6. The predicted molar refractivity (Wildman–Crippen MR) is 126 cm³/mol. The number of ether oxygens (including phenoxy) is 2. The van der Waals surface area contributed by atoms with Crippen LogP contribution in [0.4, 0.5) is 11.4 Å². The summed E-state index contributed by atoms with van der Waals surface area (Å²) in [4.78, 5) is 25.5. The SMILES string of the molecule is CCOc1ccc(NC(=O)c2ccccc2NC(=O)c2ccc(OC)c(I)c2)cc1. The Balaban J connectivity index is 1.75. The minimum absolute atomic E-state index is 0.308. The van der Waals surface area contributed by atoms with Crippen LogP contribution in [0, 0.1) is 3.57 Å². The summed E-state index contributed by atoms with van der Waals surface area (Å²) in [6.45, 7) is 2.49. The summed E-state index contributed by atoms with van der Waals surface area (Å²) in [5.74, 6) is 0.802. The third kappa shape index (κ3) is 5.29. The largest absolute Gasteiger partial charge is 0.496 e. The van der Waals surface area contributed by atoms with Gasteiger partial charge in [0.05, 0.1) is 28.5 Å². The van der Waals surface area contributed by atoms with Gasteiger partial charge in [-0.25, -0.2) is 0 Å². The Hall–Kier alpha value is -3.07. The first-order chi connectivity index (χ1) is 14.5. The van der Waals surface area contributed by atoms with Gasteiger partial charge in [0.15, 0.2) is 0 Å². The fourth-order valence-electron chi connectivity index (χ4n) is 2.79. The van der Waals surface area contributed by atoms with Gasteiger partial charge in [-0.3, -0.25) is 9.59 Å². The Labute approximate surface area is 188 Å². The topological polar surface area (TPSA) is 76.7 Å². The van der Waals surface area contributed by atoms with E-state index >= 15 is 0 Å². The van der Waals surface area contributed by atoms with Crippen LogP contribution in [0.5, 0.6) is 11.5 Å². The highest BCUT2D eigenvalue weighted by Crippen LogP contribution is 2.24. The number of para-hydroxylation sites is 1. The molecule has 0 aliphatic rings. The molecule has 6 nitrogen and oxygen atoms in total. The van der Waals surface area contributed by atoms with Crippen molar-refractivity contribution in [3.8, 4) is 11.5 Å². The number of benzene rings is 3. The summed E-state index contributed by atoms with van der Waals surface area (Å²) in [7, 11) is 1.58. The lowest BCUT2D eigenvalue weighted by Crippen LogP contribution is -2.18. The first-order valence-corrected chi connectivity index (χ1v) is 10.4. The van der Waals surface area contributed by atoms with Gasteiger partial charge in [0.2, 0.25) is 0 Å². The molecule has 0 atom stereocenters. The van der Waals surface area contributed by atoms with E-state index in [1.54, 1.807) is 73.8 Å². The number of halogens is 1. The molecule has 7 heteroatoms. The average molecular weight is 516 g/mol. The van der Waals surface area contributed by atoms with E-state index in [0.717, 1.165) is 9.32 Å². The maximum Gasteiger partial charge on any atom is 0.257 e. The van der Waals surface area contributed by atoms with E-state index < -0.39 is 0 Å². The number of carbonyl (C=O) groups excluding carboxylic acids is 2. The quantitative estimate of drug-likeness (QED) is 0.424. The van der Waals surface area contributed by atoms with Gasteiger partial charge in [-0.2, -0.15) is 0 Å². The normalized spacial score (nSPS) is 10.2. The van der Waals surface area contributed by atoms with E-state index in [1.807, 2.05) is 6.92 Å². The second-order valence-corrected chi connectivity index (χ2v) is 7.42. The van der Waals surface area contributed by atoms with Crippen LogP contribution in [0.15, 0.2) is 66.7 Å². The lowest BCUT2D eigenvalue weighted by Gasteiger charge is -2.12. The molecule has 0 aromatic heterocycles. The highest BCUT2D eigenvalue weighted by atomic mass is 127. The highest BCUT2D eigenvalue weighted by Gasteiger charge is 2.15. The van der Waals surface area contributed by atoms with Crippen molar-refractivity contribution < 1.29 is 19.1 Å². The second-order valence-electron chi connectivity index (χ2n) is 6.26. The molecule has 0 radical (unpaired) electrons. The zero-order chi connectivity index (χ0) is 21.5. The van der Waals surface area contributed by atoms with Crippen LogP contribution in [-0.2, 0) is 0 Å². The van der Waals surface area contributed by atoms with Crippen molar-refractivity contribution in [2.24, 2.45) is 0 Å². The van der Waals surface area contributed by atoms with Gasteiger partial charge >= 0.3 is 0 Å². The Kier molecular flexibility index (Phi) is 7.29. The number of amides is 2. The van der Waals surface area contributed by atoms with Gasteiger partial charge in [0, 0.05) is 11.3 Å². The maximum atomic E-state index is 12.8. The Morgan fingerprint density at radius 1 is 0.933 bits per heavy atom. The molecule has 30 heavy (non-hydrogen) atoms. The van der Waals surface area contributed by atoms with Crippen molar-refractivity contribution in [2.45, 2.75) is 6.92 Å². The predicted octanol–water partition coefficient (Wildman–Crippen LogP) is 5.20. The standard InChI is InChI=1S/C23H21IN2O4/c1-3-30-17-11-9-16(10-12-17)25-23(28)18-6-4-5-7-20(18)26-22(27)15-8-13-21(29-2)19(24)14-15/h4-14H,3H2,1-2H3,(H,25,28)(H,26,27). The molecule has 0 spiro atoms. The van der Waals surface area contributed by atoms with Crippen molar-refractivity contribution in [3.63, 3.8) is 0 Å². The minimum Gasteiger partial charge on any atom is -0.496 e. The van der Waals surface area contributed by atoms with Crippen molar-refractivity contribution in [1.29, 1.82) is 0 Å². The zero-order valence-electron chi connectivity index (χ0n) is 16.6. The molecule has 0 unspecified atom stereocenters. The lowest BCUT2D eigenvalue weighted by atomic mass is 10.1. The van der Waals surface area contributed by atoms with E-state index in [2.05, 4.69) is 33.2 Å². The van der Waals surface area contributed by atoms with Gasteiger partial charge < -0.3 is 20.1 Å². The number of carbonyl (C=O) groups is 2. The number of methoxy groups -OCH3 is 1. The van der Waals surface area contributed by atoms with Crippen LogP contribution in [0.25, 0.3) is 0 Å². The van der Waals surface area contributed by atoms with Crippen molar-refractivity contribution in [1.82, 2.24) is 0 Å². The highest BCUT2D eigenvalue weighted by molar-refractivity contribution is 14.1. The Morgan fingerprint density at radius 2 is 1.67 bits per heavy atom. The zero-order valence-corrected chi connectivity index (χ0v) is 18.7. The Morgan fingerprint density at radius 3 is 2.33 bits per heavy atom. The van der Waals surface area contributed by atoms with Crippen LogP contribution < -0.4 is 20.1 Å². The lowest BCUT2D eigenvalue weighted by molar-refractivity contribution is 0.102. The summed E-state index contributed by atoms with van der Waals surface area (Å²) in [6.07, 6.45) is 0. The van der Waals surface area contributed by atoms with Crippen molar-refractivity contribution in [3.05, 3.63) is 81.4 Å². The number of anilines is 2. The van der Waals surface area contributed by atoms with Gasteiger partial charge in [0.25, 0.3) is 11.8 Å². The monoisotopic (exact) mass is 516 g/mol. The van der Waals surface area contributed by atoms with Gasteiger partial charge in [-0.1, -0.05) is 12.1 Å². The molecule has 3 aromatic rings. The molecular weight excluding hydrogens is 495 g/mol.